The van der Waals surface area contributed by atoms with Gasteiger partial charge in [0.2, 0.25) is 5.91 Å². The first kappa shape index (κ1) is 82.7. The van der Waals surface area contributed by atoms with E-state index < -0.39 is 26.6 Å². The smallest absolute Gasteiger partial charge is 0.268 e. The van der Waals surface area contributed by atoms with Gasteiger partial charge in [-0.3, -0.25) is 9.36 Å². The Morgan fingerprint density at radius 2 is 0.667 bits per heavy atom. The van der Waals surface area contributed by atoms with Crippen molar-refractivity contribution in [2.45, 2.75) is 398 Å². The molecule has 0 spiro atoms. The van der Waals surface area contributed by atoms with Crippen molar-refractivity contribution in [2.24, 2.45) is 0 Å². The van der Waals surface area contributed by atoms with Crippen molar-refractivity contribution in [3.63, 3.8) is 0 Å². The lowest BCUT2D eigenvalue weighted by molar-refractivity contribution is -0.870. The third kappa shape index (κ3) is 68.2. The first-order valence-electron chi connectivity index (χ1n) is 37.4. The number of amides is 1. The number of phosphoric ester groups is 1. The number of rotatable bonds is 70. The van der Waals surface area contributed by atoms with Gasteiger partial charge in [0.25, 0.3) is 7.82 Å². The van der Waals surface area contributed by atoms with Crippen LogP contribution in [0.4, 0.5) is 0 Å². The number of aliphatic hydroxyl groups excluding tert-OH is 1. The van der Waals surface area contributed by atoms with E-state index in [0.29, 0.717) is 17.4 Å². The monoisotopic (exact) mass is 1200 g/mol. The molecule has 0 heterocycles. The SMILES string of the molecule is CCCCCCCCCCCCCCCCCCCCCCCC/C=C/CC/C=C/CC/C=C/C(O)C(COP(=O)([O-])OCC[N+](C)(C)C)NC(=O)CCCCCCCCCCCCCCCCCCCCCCCCCCCCCCCC. The molecular weight excluding hydrogens is 1060 g/mol. The Morgan fingerprint density at radius 1 is 0.405 bits per heavy atom. The molecule has 8 nitrogen and oxygen atoms in total. The van der Waals surface area contributed by atoms with Gasteiger partial charge >= 0.3 is 0 Å². The normalized spacial score (nSPS) is 13.8. The van der Waals surface area contributed by atoms with Crippen LogP contribution in [0.2, 0.25) is 0 Å². The highest BCUT2D eigenvalue weighted by atomic mass is 31.2. The Hall–Kier alpha value is -1.28. The van der Waals surface area contributed by atoms with E-state index >= 15 is 0 Å². The van der Waals surface area contributed by atoms with Gasteiger partial charge in [0.1, 0.15) is 13.2 Å². The molecule has 0 saturated heterocycles. The molecule has 3 atom stereocenters. The summed E-state index contributed by atoms with van der Waals surface area (Å²) in [5, 5.41) is 14.0. The quantitative estimate of drug-likeness (QED) is 0.0272. The molecule has 0 saturated carbocycles. The summed E-state index contributed by atoms with van der Waals surface area (Å²) in [7, 11) is 1.25. The van der Waals surface area contributed by atoms with Crippen molar-refractivity contribution < 1.29 is 32.9 Å². The number of phosphoric acid groups is 1. The topological polar surface area (TPSA) is 108 Å². The second-order valence-electron chi connectivity index (χ2n) is 27.0. The average Bonchev–Trinajstić information content (AvgIpc) is 3.56. The van der Waals surface area contributed by atoms with Gasteiger partial charge in [-0.2, -0.15) is 0 Å². The Labute approximate surface area is 525 Å². The lowest BCUT2D eigenvalue weighted by Gasteiger charge is -2.29. The number of nitrogens with zero attached hydrogens (tertiary/aromatic N) is 1. The maximum atomic E-state index is 13.0. The Morgan fingerprint density at radius 3 is 0.964 bits per heavy atom. The van der Waals surface area contributed by atoms with Crippen LogP contribution in [-0.2, 0) is 18.4 Å². The van der Waals surface area contributed by atoms with Gasteiger partial charge in [0, 0.05) is 6.42 Å². The largest absolute Gasteiger partial charge is 0.756 e. The van der Waals surface area contributed by atoms with Crippen LogP contribution >= 0.6 is 7.82 Å². The van der Waals surface area contributed by atoms with Crippen LogP contribution in [0.25, 0.3) is 0 Å². The number of likely N-dealkylation sites (N-methyl/N-ethyl adjacent to an activating group) is 1. The number of nitrogens with one attached hydrogen (secondary N) is 1. The molecular formula is C75H147N2O6P. The highest BCUT2D eigenvalue weighted by Gasteiger charge is 2.23. The molecule has 0 rings (SSSR count). The van der Waals surface area contributed by atoms with Crippen LogP contribution in [0.3, 0.4) is 0 Å². The van der Waals surface area contributed by atoms with E-state index in [1.54, 1.807) is 6.08 Å². The van der Waals surface area contributed by atoms with E-state index in [1.165, 1.54) is 321 Å². The molecule has 0 aromatic rings. The van der Waals surface area contributed by atoms with Crippen molar-refractivity contribution in [1.29, 1.82) is 0 Å². The zero-order valence-corrected chi connectivity index (χ0v) is 58.0. The van der Waals surface area contributed by atoms with Gasteiger partial charge < -0.3 is 28.8 Å². The molecule has 0 radical (unpaired) electrons. The molecule has 0 aliphatic heterocycles. The predicted octanol–water partition coefficient (Wildman–Crippen LogP) is 23.4. The lowest BCUT2D eigenvalue weighted by atomic mass is 10.0. The first-order chi connectivity index (χ1) is 41.0. The summed E-state index contributed by atoms with van der Waals surface area (Å²) < 4.78 is 23.5. The third-order valence-electron chi connectivity index (χ3n) is 17.3. The van der Waals surface area contributed by atoms with Crippen LogP contribution in [-0.4, -0.2) is 68.5 Å². The first-order valence-corrected chi connectivity index (χ1v) is 38.8. The van der Waals surface area contributed by atoms with E-state index in [4.69, 9.17) is 9.05 Å². The number of quaternary nitrogens is 1. The highest BCUT2D eigenvalue weighted by molar-refractivity contribution is 7.45. The Balaban J connectivity index is 4.06. The fraction of sp³-hybridized carbons (Fsp3) is 0.907. The Kier molecular flexibility index (Phi) is 65.1. The minimum atomic E-state index is -4.62. The van der Waals surface area contributed by atoms with E-state index in [-0.39, 0.29) is 12.5 Å². The van der Waals surface area contributed by atoms with Gasteiger partial charge in [0.15, 0.2) is 0 Å². The number of allylic oxidation sites excluding steroid dienone is 5. The molecule has 0 aromatic carbocycles. The molecule has 0 aliphatic rings. The van der Waals surface area contributed by atoms with Crippen molar-refractivity contribution in [2.75, 3.05) is 40.9 Å². The summed E-state index contributed by atoms with van der Waals surface area (Å²) in [6, 6.07) is -0.910. The molecule has 1 amide bonds. The van der Waals surface area contributed by atoms with Crippen LogP contribution in [0.5, 0.6) is 0 Å². The summed E-state index contributed by atoms with van der Waals surface area (Å²) in [5.41, 5.74) is 0. The number of hydrogen-bond donors (Lipinski definition) is 2. The second kappa shape index (κ2) is 66.1. The lowest BCUT2D eigenvalue weighted by Crippen LogP contribution is -2.45. The fourth-order valence-corrected chi connectivity index (χ4v) is 12.3. The molecule has 0 fully saturated rings. The zero-order valence-electron chi connectivity index (χ0n) is 57.1. The number of aliphatic hydroxyl groups is 1. The zero-order chi connectivity index (χ0) is 61.2. The summed E-state index contributed by atoms with van der Waals surface area (Å²) in [4.78, 5) is 25.6. The molecule has 498 valence electrons. The second-order valence-corrected chi connectivity index (χ2v) is 28.4. The van der Waals surface area contributed by atoms with E-state index in [2.05, 4.69) is 43.5 Å². The molecule has 9 heteroatoms. The fourth-order valence-electron chi connectivity index (χ4n) is 11.5. The van der Waals surface area contributed by atoms with Gasteiger partial charge in [-0.1, -0.05) is 371 Å². The number of hydrogen-bond acceptors (Lipinski definition) is 6. The molecule has 0 aliphatic carbocycles. The van der Waals surface area contributed by atoms with Crippen LogP contribution in [0.15, 0.2) is 36.5 Å². The third-order valence-corrected chi connectivity index (χ3v) is 18.3. The summed E-state index contributed by atoms with van der Waals surface area (Å²) >= 11 is 0. The van der Waals surface area contributed by atoms with Gasteiger partial charge in [-0.05, 0) is 44.9 Å². The van der Waals surface area contributed by atoms with Crippen LogP contribution in [0.1, 0.15) is 386 Å². The number of unbranched alkanes of at least 4 members (excludes halogenated alkanes) is 53. The van der Waals surface area contributed by atoms with Crippen LogP contribution < -0.4 is 10.2 Å². The highest BCUT2D eigenvalue weighted by Crippen LogP contribution is 2.38. The Bertz CT molecular complexity index is 1460. The standard InChI is InChI=1S/C75H147N2O6P/c1-6-8-10-12-14-16-18-20-22-24-26-28-30-32-34-36-38-39-40-42-44-46-48-50-52-54-56-58-60-62-64-66-68-74(78)73(72-83-84(80,81)82-71-70-77(3,4)5)76-75(79)69-67-65-63-61-59-57-55-53-51-49-47-45-43-41-37-35-33-31-29-27-25-23-21-19-17-15-13-11-9-7-2/h50,52,58,60,66,68,73-74,78H,6-49,51,53-57,59,61-65,67,69-72H2,1-5H3,(H-,76,79,80,81)/b52-50+,60-58+,68-66+. The molecule has 0 bridgehead atoms. The molecule has 2 N–H and O–H groups in total. The average molecular weight is 1200 g/mol. The summed E-state index contributed by atoms with van der Waals surface area (Å²) in [6.45, 7) is 4.69. The minimum absolute atomic E-state index is 0.00699. The van der Waals surface area contributed by atoms with Crippen molar-refractivity contribution in [1.82, 2.24) is 5.32 Å². The van der Waals surface area contributed by atoms with E-state index in [1.807, 2.05) is 27.2 Å². The summed E-state index contributed by atoms with van der Waals surface area (Å²) in [5.74, 6) is -0.203. The molecule has 0 aromatic heterocycles. The minimum Gasteiger partial charge on any atom is -0.756 e. The molecule has 3 unspecified atom stereocenters. The summed E-state index contributed by atoms with van der Waals surface area (Å²) in [6.07, 6.45) is 88.7. The number of carbonyl (C=O) groups excluding carboxylic acids is 1. The van der Waals surface area contributed by atoms with Gasteiger partial charge in [0.05, 0.1) is 39.9 Å². The maximum Gasteiger partial charge on any atom is 0.268 e. The van der Waals surface area contributed by atoms with Crippen molar-refractivity contribution >= 4 is 13.7 Å². The van der Waals surface area contributed by atoms with Gasteiger partial charge in [-0.25, -0.2) is 0 Å². The van der Waals surface area contributed by atoms with Crippen LogP contribution in [0, 0.1) is 0 Å². The van der Waals surface area contributed by atoms with Gasteiger partial charge in [-0.15, -0.1) is 0 Å². The van der Waals surface area contributed by atoms with E-state index in [0.717, 1.165) is 44.9 Å². The number of carbonyl (C=O) groups is 1. The van der Waals surface area contributed by atoms with E-state index in [9.17, 15) is 19.4 Å². The maximum absolute atomic E-state index is 13.0. The molecule has 84 heavy (non-hydrogen) atoms. The van der Waals surface area contributed by atoms with Crippen molar-refractivity contribution in [3.05, 3.63) is 36.5 Å². The van der Waals surface area contributed by atoms with Crippen molar-refractivity contribution in [3.8, 4) is 0 Å². The predicted molar refractivity (Wildman–Crippen MR) is 367 cm³/mol.